The van der Waals surface area contributed by atoms with Gasteiger partial charge in [-0.1, -0.05) is 75.1 Å². The van der Waals surface area contributed by atoms with Crippen molar-refractivity contribution < 1.29 is 43.2 Å². The molecule has 1 aromatic carbocycles. The first kappa shape index (κ1) is 41.2. The maximum atomic E-state index is 13.6. The van der Waals surface area contributed by atoms with Crippen LogP contribution in [0.3, 0.4) is 0 Å². The van der Waals surface area contributed by atoms with Gasteiger partial charge in [-0.25, -0.2) is 4.79 Å². The van der Waals surface area contributed by atoms with Crippen molar-refractivity contribution in [3.63, 3.8) is 0 Å². The lowest BCUT2D eigenvalue weighted by atomic mass is 9.87. The average Bonchev–Trinajstić information content (AvgIpc) is 3.75. The van der Waals surface area contributed by atoms with Crippen molar-refractivity contribution in [3.8, 4) is 0 Å². The van der Waals surface area contributed by atoms with E-state index in [1.807, 2.05) is 30.3 Å². The first-order valence-electron chi connectivity index (χ1n) is 20.6. The zero-order chi connectivity index (χ0) is 37.4. The molecule has 2 saturated carbocycles. The topological polar surface area (TPSA) is 137 Å². The van der Waals surface area contributed by atoms with Crippen LogP contribution < -0.4 is 5.32 Å². The van der Waals surface area contributed by atoms with E-state index in [2.05, 4.69) is 24.4 Å². The van der Waals surface area contributed by atoms with Crippen LogP contribution in [-0.2, 0) is 44.5 Å². The Morgan fingerprint density at radius 3 is 2.38 bits per heavy atom. The van der Waals surface area contributed by atoms with Gasteiger partial charge in [-0.2, -0.15) is 0 Å². The van der Waals surface area contributed by atoms with E-state index in [1.54, 1.807) is 0 Å². The maximum absolute atomic E-state index is 13.6. The van der Waals surface area contributed by atoms with Gasteiger partial charge in [0.15, 0.2) is 12.6 Å². The number of ketones is 2. The monoisotopic (exact) mass is 737 g/mol. The highest BCUT2D eigenvalue weighted by Gasteiger charge is 2.44. The summed E-state index contributed by atoms with van der Waals surface area (Å²) in [5.41, 5.74) is 0.829. The third-order valence-corrected chi connectivity index (χ3v) is 11.6. The fourth-order valence-electron chi connectivity index (χ4n) is 8.60. The van der Waals surface area contributed by atoms with E-state index >= 15 is 0 Å². The van der Waals surface area contributed by atoms with Gasteiger partial charge >= 0.3 is 5.97 Å². The number of benzene rings is 1. The van der Waals surface area contributed by atoms with Gasteiger partial charge in [-0.15, -0.1) is 0 Å². The highest BCUT2D eigenvalue weighted by atomic mass is 16.7. The smallest absolute Gasteiger partial charge is 0.326 e. The molecule has 10 nitrogen and oxygen atoms in total. The van der Waals surface area contributed by atoms with Crippen molar-refractivity contribution in [2.75, 3.05) is 13.2 Å². The van der Waals surface area contributed by atoms with E-state index in [4.69, 9.17) is 18.9 Å². The molecule has 2 unspecified atom stereocenters. The quantitative estimate of drug-likeness (QED) is 0.0970. The Balaban J connectivity index is 1.19. The second-order valence-corrected chi connectivity index (χ2v) is 15.8. The molecule has 0 bridgehead atoms. The normalized spacial score (nSPS) is 28.9. The molecule has 53 heavy (non-hydrogen) atoms. The molecule has 9 atom stereocenters. The fraction of sp³-hybridized carbons (Fsp3) is 0.721. The number of carbonyl (C=O) groups is 4. The van der Waals surface area contributed by atoms with Crippen LogP contribution in [-0.4, -0.2) is 72.6 Å². The van der Waals surface area contributed by atoms with Gasteiger partial charge in [0.2, 0.25) is 5.91 Å². The lowest BCUT2D eigenvalue weighted by Gasteiger charge is -2.31. The van der Waals surface area contributed by atoms with Crippen molar-refractivity contribution in [1.82, 2.24) is 5.32 Å². The number of carboxylic acid groups (broad SMARTS) is 1. The molecular weight excluding hydrogens is 674 g/mol. The number of ether oxygens (including phenoxy) is 4. The summed E-state index contributed by atoms with van der Waals surface area (Å²) in [6.07, 6.45) is 18.1. The molecule has 2 saturated heterocycles. The van der Waals surface area contributed by atoms with Gasteiger partial charge in [0.05, 0.1) is 12.2 Å². The predicted octanol–water partition coefficient (Wildman–Crippen LogP) is 7.51. The second-order valence-electron chi connectivity index (χ2n) is 15.8. The van der Waals surface area contributed by atoms with Gasteiger partial charge in [0, 0.05) is 57.2 Å². The van der Waals surface area contributed by atoms with E-state index < -0.39 is 17.9 Å². The zero-order valence-electron chi connectivity index (χ0n) is 31.8. The van der Waals surface area contributed by atoms with Crippen molar-refractivity contribution >= 4 is 23.4 Å². The highest BCUT2D eigenvalue weighted by molar-refractivity contribution is 5.90. The largest absolute Gasteiger partial charge is 0.480 e. The van der Waals surface area contributed by atoms with Crippen LogP contribution in [0.1, 0.15) is 128 Å². The SMILES string of the molecule is CCCC[C@H]1CC[C@H]([C@H](C=C[C@H]2[C@H](OC3CCCCO3)CC(=O)[C@@H]2CC(=O)CCCCC(=O)N[C@@H](Cc2ccccc2)C(=O)O)OC2CCCCO2)C1. The van der Waals surface area contributed by atoms with E-state index in [0.29, 0.717) is 37.9 Å². The fourth-order valence-corrected chi connectivity index (χ4v) is 8.60. The van der Waals surface area contributed by atoms with Crippen molar-refractivity contribution in [2.24, 2.45) is 23.7 Å². The maximum Gasteiger partial charge on any atom is 0.326 e. The molecule has 5 rings (SSSR count). The van der Waals surface area contributed by atoms with E-state index in [0.717, 1.165) is 56.9 Å². The molecule has 2 aliphatic heterocycles. The van der Waals surface area contributed by atoms with Crippen LogP contribution in [0.4, 0.5) is 0 Å². The van der Waals surface area contributed by atoms with E-state index in [-0.39, 0.29) is 80.3 Å². The first-order valence-corrected chi connectivity index (χ1v) is 20.6. The summed E-state index contributed by atoms with van der Waals surface area (Å²) in [5.74, 6) is -1.06. The molecule has 1 amide bonds. The Hall–Kier alpha value is -2.92. The van der Waals surface area contributed by atoms with Crippen LogP contribution in [0, 0.1) is 23.7 Å². The summed E-state index contributed by atoms with van der Waals surface area (Å²) in [6, 6.07) is 8.17. The third-order valence-electron chi connectivity index (χ3n) is 11.6. The van der Waals surface area contributed by atoms with Crippen molar-refractivity contribution in [2.45, 2.75) is 160 Å². The zero-order valence-corrected chi connectivity index (χ0v) is 31.8. The minimum absolute atomic E-state index is 0.0119. The third kappa shape index (κ3) is 13.4. The number of aliphatic carboxylic acids is 1. The lowest BCUT2D eigenvalue weighted by molar-refractivity contribution is -0.193. The number of amides is 1. The van der Waals surface area contributed by atoms with Crippen molar-refractivity contribution in [3.05, 3.63) is 48.0 Å². The Bertz CT molecular complexity index is 1320. The van der Waals surface area contributed by atoms with E-state index in [9.17, 15) is 24.3 Å². The molecule has 4 fully saturated rings. The molecular formula is C43H63NO9. The molecule has 2 aliphatic carbocycles. The first-order chi connectivity index (χ1) is 25.8. The average molecular weight is 738 g/mol. The summed E-state index contributed by atoms with van der Waals surface area (Å²) in [4.78, 5) is 51.3. The number of unbranched alkanes of at least 4 members (excludes halogenated alkanes) is 2. The molecule has 0 aromatic heterocycles. The van der Waals surface area contributed by atoms with Gasteiger partial charge in [-0.05, 0) is 81.6 Å². The lowest BCUT2D eigenvalue weighted by Crippen LogP contribution is -2.42. The van der Waals surface area contributed by atoms with E-state index in [1.165, 1.54) is 25.7 Å². The second kappa shape index (κ2) is 21.8. The summed E-state index contributed by atoms with van der Waals surface area (Å²) in [6.45, 7) is 3.60. The molecule has 294 valence electrons. The van der Waals surface area contributed by atoms with Crippen molar-refractivity contribution in [1.29, 1.82) is 0 Å². The molecule has 0 radical (unpaired) electrons. The number of Topliss-reactive ketones (excluding diaryl/α,β-unsaturated/α-hetero) is 2. The number of hydrogen-bond acceptors (Lipinski definition) is 8. The van der Waals surface area contributed by atoms with Crippen LogP contribution >= 0.6 is 0 Å². The minimum atomic E-state index is -1.08. The number of carboxylic acids is 1. The molecule has 2 N–H and O–H groups in total. The van der Waals surface area contributed by atoms with Gasteiger partial charge in [0.25, 0.3) is 0 Å². The Morgan fingerprint density at radius 2 is 1.68 bits per heavy atom. The Morgan fingerprint density at radius 1 is 0.943 bits per heavy atom. The minimum Gasteiger partial charge on any atom is -0.480 e. The molecule has 10 heteroatoms. The number of rotatable bonds is 21. The summed E-state index contributed by atoms with van der Waals surface area (Å²) in [7, 11) is 0. The molecule has 4 aliphatic rings. The van der Waals surface area contributed by atoms with Gasteiger partial charge < -0.3 is 29.4 Å². The van der Waals surface area contributed by atoms with Crippen LogP contribution in [0.5, 0.6) is 0 Å². The number of carbonyl (C=O) groups excluding carboxylic acids is 3. The standard InChI is InChI=1S/C43H63NO9/c1-2-3-13-31-20-21-32(26-31)38(52-41-18-9-11-24-50-41)23-22-34-35(37(46)29-39(34)53-42-19-10-12-25-51-42)28-33(45)16-7-8-17-40(47)44-36(43(48)49)27-30-14-5-4-6-15-30/h4-6,14-15,22-23,31-32,34-36,38-39,41-42H,2-3,7-13,16-21,24-29H2,1H3,(H,44,47)(H,48,49)/t31-,32-,34+,35+,36-,38-,39+,41?,42?/m0/s1. The van der Waals surface area contributed by atoms with Crippen LogP contribution in [0.2, 0.25) is 0 Å². The van der Waals surface area contributed by atoms with Crippen LogP contribution in [0.25, 0.3) is 0 Å². The Labute approximate surface area is 316 Å². The summed E-state index contributed by atoms with van der Waals surface area (Å²) < 4.78 is 25.1. The van der Waals surface area contributed by atoms with Gasteiger partial charge in [0.1, 0.15) is 17.6 Å². The Kier molecular flexibility index (Phi) is 17.0. The van der Waals surface area contributed by atoms with Gasteiger partial charge in [-0.3, -0.25) is 14.4 Å². The summed E-state index contributed by atoms with van der Waals surface area (Å²) in [5, 5.41) is 12.3. The molecule has 1 aromatic rings. The van der Waals surface area contributed by atoms with Crippen LogP contribution in [0.15, 0.2) is 42.5 Å². The predicted molar refractivity (Wildman–Crippen MR) is 201 cm³/mol. The summed E-state index contributed by atoms with van der Waals surface area (Å²) >= 11 is 0. The number of nitrogens with one attached hydrogen (secondary N) is 1. The molecule has 0 spiro atoms. The highest BCUT2D eigenvalue weighted by Crippen LogP contribution is 2.41. The number of hydrogen-bond donors (Lipinski definition) is 2. The molecule has 2 heterocycles.